The van der Waals surface area contributed by atoms with Gasteiger partial charge in [-0.25, -0.2) is 4.79 Å². The number of amides is 3. The van der Waals surface area contributed by atoms with Gasteiger partial charge in [0.15, 0.2) is 0 Å². The molecule has 30 heavy (non-hydrogen) atoms. The number of imide groups is 1. The molecule has 0 spiro atoms. The minimum atomic E-state index is -1.21. The zero-order chi connectivity index (χ0) is 21.3. The summed E-state index contributed by atoms with van der Waals surface area (Å²) in [7, 11) is 0. The number of furan rings is 1. The average molecular weight is 471 g/mol. The molecule has 4 rings (SSSR count). The Morgan fingerprint density at radius 1 is 1.17 bits per heavy atom. The van der Waals surface area contributed by atoms with Gasteiger partial charge < -0.3 is 14.5 Å². The number of carbonyl (C=O) groups is 3. The molecule has 8 heteroatoms. The van der Waals surface area contributed by atoms with E-state index in [0.717, 1.165) is 20.3 Å². The largest absolute Gasteiger partial charge is 0.464 e. The summed E-state index contributed by atoms with van der Waals surface area (Å²) in [5.74, 6) is -0.462. The van der Waals surface area contributed by atoms with Crippen molar-refractivity contribution in [3.63, 3.8) is 0 Å². The van der Waals surface area contributed by atoms with Crippen molar-refractivity contribution in [1.29, 1.82) is 0 Å². The lowest BCUT2D eigenvalue weighted by Crippen LogP contribution is -2.41. The summed E-state index contributed by atoms with van der Waals surface area (Å²) >= 11 is 3.41. The van der Waals surface area contributed by atoms with Crippen LogP contribution in [0.3, 0.4) is 0 Å². The van der Waals surface area contributed by atoms with E-state index in [4.69, 9.17) is 9.15 Å². The highest BCUT2D eigenvalue weighted by Crippen LogP contribution is 2.28. The first-order valence-electron chi connectivity index (χ1n) is 9.40. The fourth-order valence-corrected chi connectivity index (χ4v) is 3.82. The van der Waals surface area contributed by atoms with Crippen LogP contribution in [-0.4, -0.2) is 36.0 Å². The second-order valence-electron chi connectivity index (χ2n) is 7.18. The van der Waals surface area contributed by atoms with E-state index in [1.807, 2.05) is 30.3 Å². The number of benzene rings is 2. The molecule has 1 aliphatic heterocycles. The van der Waals surface area contributed by atoms with Crippen LogP contribution in [-0.2, 0) is 26.3 Å². The molecule has 1 unspecified atom stereocenters. The van der Waals surface area contributed by atoms with Crippen LogP contribution in [0.2, 0.25) is 0 Å². The molecule has 154 valence electrons. The summed E-state index contributed by atoms with van der Waals surface area (Å²) in [6, 6.07) is 15.9. The van der Waals surface area contributed by atoms with Crippen molar-refractivity contribution in [2.45, 2.75) is 18.9 Å². The summed E-state index contributed by atoms with van der Waals surface area (Å²) in [5.41, 5.74) is 0.191. The van der Waals surface area contributed by atoms with Gasteiger partial charge in [0.1, 0.15) is 23.4 Å². The Balaban J connectivity index is 1.34. The highest BCUT2D eigenvalue weighted by molar-refractivity contribution is 9.10. The summed E-state index contributed by atoms with van der Waals surface area (Å²) in [4.78, 5) is 38.2. The van der Waals surface area contributed by atoms with Crippen LogP contribution in [0.15, 0.2) is 63.5 Å². The van der Waals surface area contributed by atoms with Crippen LogP contribution in [0, 0.1) is 0 Å². The maximum absolute atomic E-state index is 12.8. The smallest absolute Gasteiger partial charge is 0.326 e. The number of rotatable bonds is 6. The summed E-state index contributed by atoms with van der Waals surface area (Å²) in [6.07, 6.45) is 0.389. The molecule has 3 aromatic rings. The van der Waals surface area contributed by atoms with E-state index in [-0.39, 0.29) is 6.61 Å². The van der Waals surface area contributed by atoms with Crippen molar-refractivity contribution < 1.29 is 23.5 Å². The van der Waals surface area contributed by atoms with Crippen molar-refractivity contribution in [2.24, 2.45) is 0 Å². The molecular weight excluding hydrogens is 452 g/mol. The zero-order valence-electron chi connectivity index (χ0n) is 16.2. The molecule has 0 radical (unpaired) electrons. The molecule has 1 saturated heterocycles. The molecule has 2 heterocycles. The van der Waals surface area contributed by atoms with Crippen molar-refractivity contribution in [2.75, 3.05) is 13.2 Å². The first kappa shape index (κ1) is 20.2. The Morgan fingerprint density at radius 2 is 1.93 bits per heavy atom. The number of carbonyl (C=O) groups excluding carboxylic acids is 3. The second-order valence-corrected chi connectivity index (χ2v) is 8.09. The Labute approximate surface area is 181 Å². The SMILES string of the molecule is CC1(c2ccccc2)NC(=O)N(CC(=O)OCCc2cc3cc(Br)ccc3o2)C1=O. The lowest BCUT2D eigenvalue weighted by Gasteiger charge is -2.21. The van der Waals surface area contributed by atoms with E-state index in [0.29, 0.717) is 17.7 Å². The maximum Gasteiger partial charge on any atom is 0.326 e. The molecule has 1 aliphatic rings. The van der Waals surface area contributed by atoms with E-state index < -0.39 is 30.0 Å². The standard InChI is InChI=1S/C22H19BrN2O5/c1-22(15-5-3-2-4-6-15)20(27)25(21(28)24-22)13-19(26)29-10-9-17-12-14-11-16(23)7-8-18(14)30-17/h2-8,11-12H,9-10,13H2,1H3,(H,24,28). The summed E-state index contributed by atoms with van der Waals surface area (Å²) < 4.78 is 11.9. The van der Waals surface area contributed by atoms with Gasteiger partial charge in [-0.3, -0.25) is 14.5 Å². The number of hydrogen-bond donors (Lipinski definition) is 1. The fourth-order valence-electron chi connectivity index (χ4n) is 3.44. The van der Waals surface area contributed by atoms with E-state index in [1.54, 1.807) is 31.2 Å². The Morgan fingerprint density at radius 3 is 2.70 bits per heavy atom. The van der Waals surface area contributed by atoms with Crippen molar-refractivity contribution in [3.05, 3.63) is 70.4 Å². The number of fused-ring (bicyclic) bond motifs is 1. The average Bonchev–Trinajstić information content (AvgIpc) is 3.22. The monoisotopic (exact) mass is 470 g/mol. The van der Waals surface area contributed by atoms with E-state index in [2.05, 4.69) is 21.2 Å². The zero-order valence-corrected chi connectivity index (χ0v) is 17.8. The molecule has 3 amide bonds. The Hall–Kier alpha value is -3.13. The Kier molecular flexibility index (Phi) is 5.34. The van der Waals surface area contributed by atoms with Crippen molar-refractivity contribution >= 4 is 44.8 Å². The quantitative estimate of drug-likeness (QED) is 0.437. The molecule has 0 aliphatic carbocycles. The minimum Gasteiger partial charge on any atom is -0.464 e. The van der Waals surface area contributed by atoms with Gasteiger partial charge in [0.25, 0.3) is 5.91 Å². The predicted molar refractivity (Wildman–Crippen MR) is 113 cm³/mol. The predicted octanol–water partition coefficient (Wildman–Crippen LogP) is 3.75. The van der Waals surface area contributed by atoms with E-state index in [9.17, 15) is 14.4 Å². The fraction of sp³-hybridized carbons (Fsp3) is 0.227. The van der Waals surface area contributed by atoms with Gasteiger partial charge in [0, 0.05) is 16.3 Å². The molecule has 1 aromatic heterocycles. The third-order valence-corrected chi connectivity index (χ3v) is 5.55. The number of ether oxygens (including phenoxy) is 1. The Bertz CT molecular complexity index is 1130. The van der Waals surface area contributed by atoms with Gasteiger partial charge in [-0.1, -0.05) is 46.3 Å². The van der Waals surface area contributed by atoms with Crippen LogP contribution in [0.5, 0.6) is 0 Å². The third kappa shape index (κ3) is 3.82. The molecule has 1 N–H and O–H groups in total. The molecule has 0 saturated carbocycles. The van der Waals surface area contributed by atoms with Crippen molar-refractivity contribution in [3.8, 4) is 0 Å². The molecule has 2 aromatic carbocycles. The lowest BCUT2D eigenvalue weighted by atomic mass is 9.92. The summed E-state index contributed by atoms with van der Waals surface area (Å²) in [5, 5.41) is 3.61. The van der Waals surface area contributed by atoms with Crippen molar-refractivity contribution in [1.82, 2.24) is 10.2 Å². The van der Waals surface area contributed by atoms with Gasteiger partial charge in [0.05, 0.1) is 6.61 Å². The van der Waals surface area contributed by atoms with Gasteiger partial charge in [-0.2, -0.15) is 0 Å². The van der Waals surface area contributed by atoms with Crippen LogP contribution in [0.25, 0.3) is 11.0 Å². The summed E-state index contributed by atoms with van der Waals surface area (Å²) in [6.45, 7) is 1.26. The van der Waals surface area contributed by atoms with Gasteiger partial charge in [-0.05, 0) is 36.8 Å². The number of halogens is 1. The number of nitrogens with one attached hydrogen (secondary N) is 1. The number of urea groups is 1. The topological polar surface area (TPSA) is 88.8 Å². The van der Waals surface area contributed by atoms with Gasteiger partial charge in [-0.15, -0.1) is 0 Å². The molecular formula is C22H19BrN2O5. The molecule has 7 nitrogen and oxygen atoms in total. The van der Waals surface area contributed by atoms with Crippen LogP contribution in [0.1, 0.15) is 18.2 Å². The first-order valence-corrected chi connectivity index (χ1v) is 10.2. The first-order chi connectivity index (χ1) is 14.4. The highest BCUT2D eigenvalue weighted by Gasteiger charge is 2.49. The normalized spacial score (nSPS) is 18.7. The number of esters is 1. The van der Waals surface area contributed by atoms with E-state index in [1.165, 1.54) is 0 Å². The minimum absolute atomic E-state index is 0.0828. The van der Waals surface area contributed by atoms with Crippen LogP contribution < -0.4 is 5.32 Å². The maximum atomic E-state index is 12.8. The second kappa shape index (κ2) is 7.95. The lowest BCUT2D eigenvalue weighted by molar-refractivity contribution is -0.147. The van der Waals surface area contributed by atoms with E-state index >= 15 is 0 Å². The molecule has 1 fully saturated rings. The molecule has 0 bridgehead atoms. The third-order valence-electron chi connectivity index (χ3n) is 5.05. The molecule has 1 atom stereocenters. The van der Waals surface area contributed by atoms with Gasteiger partial charge >= 0.3 is 12.0 Å². The number of hydrogen-bond acceptors (Lipinski definition) is 5. The number of nitrogens with zero attached hydrogens (tertiary/aromatic N) is 1. The highest BCUT2D eigenvalue weighted by atomic mass is 79.9. The van der Waals surface area contributed by atoms with Crippen LogP contribution in [0.4, 0.5) is 4.79 Å². The van der Waals surface area contributed by atoms with Gasteiger partial charge in [0.2, 0.25) is 0 Å². The van der Waals surface area contributed by atoms with Crippen LogP contribution >= 0.6 is 15.9 Å².